The van der Waals surface area contributed by atoms with E-state index in [-0.39, 0.29) is 11.5 Å². The summed E-state index contributed by atoms with van der Waals surface area (Å²) in [7, 11) is 0. The van der Waals surface area contributed by atoms with Crippen LogP contribution in [-0.4, -0.2) is 16.2 Å². The van der Waals surface area contributed by atoms with Crippen molar-refractivity contribution in [2.24, 2.45) is 0 Å². The Morgan fingerprint density at radius 1 is 1.33 bits per heavy atom. The minimum absolute atomic E-state index is 0.233. The lowest BCUT2D eigenvalue weighted by molar-refractivity contribution is 0.0728. The van der Waals surface area contributed by atoms with E-state index in [9.17, 15) is 4.79 Å². The number of anilines is 1. The number of nitrogens with one attached hydrogen (secondary N) is 1. The molecule has 0 bridgehead atoms. The molecule has 0 saturated carbocycles. The number of benzene rings is 1. The van der Waals surface area contributed by atoms with Crippen molar-refractivity contribution in [3.8, 4) is 5.75 Å². The fraction of sp³-hybridized carbons (Fsp3) is 0. The highest BCUT2D eigenvalue weighted by Crippen LogP contribution is 2.11. The van der Waals surface area contributed by atoms with Gasteiger partial charge in [0.15, 0.2) is 0 Å². The molecule has 0 fully saturated rings. The Morgan fingerprint density at radius 2 is 2.07 bits per heavy atom. The van der Waals surface area contributed by atoms with E-state index < -0.39 is 5.97 Å². The molecule has 1 heterocycles. The molecule has 5 nitrogen and oxygen atoms in total. The van der Waals surface area contributed by atoms with Crippen LogP contribution in [-0.2, 0) is 0 Å². The third-order valence-corrected chi connectivity index (χ3v) is 1.77. The van der Waals surface area contributed by atoms with Crippen molar-refractivity contribution in [2.75, 3.05) is 5.73 Å². The van der Waals surface area contributed by atoms with Gasteiger partial charge in [-0.05, 0) is 12.1 Å². The van der Waals surface area contributed by atoms with Gasteiger partial charge < -0.3 is 10.5 Å². The Kier molecular flexibility index (Phi) is 2.37. The summed E-state index contributed by atoms with van der Waals surface area (Å²) in [5.41, 5.74) is 5.59. The van der Waals surface area contributed by atoms with Gasteiger partial charge in [0, 0.05) is 6.07 Å². The highest BCUT2D eigenvalue weighted by atomic mass is 16.5. The number of rotatable bonds is 2. The van der Waals surface area contributed by atoms with Gasteiger partial charge in [0.25, 0.3) is 0 Å². The van der Waals surface area contributed by atoms with Gasteiger partial charge in [-0.2, -0.15) is 5.10 Å². The predicted octanol–water partition coefficient (Wildman–Crippen LogP) is 1.21. The average Bonchev–Trinajstić information content (AvgIpc) is 2.66. The number of hydrogen-bond acceptors (Lipinski definition) is 4. The van der Waals surface area contributed by atoms with Crippen LogP contribution in [0.5, 0.6) is 5.75 Å². The summed E-state index contributed by atoms with van der Waals surface area (Å²) in [6, 6.07) is 10.2. The summed E-state index contributed by atoms with van der Waals surface area (Å²) in [4.78, 5) is 11.5. The molecule has 5 heteroatoms. The fourth-order valence-electron chi connectivity index (χ4n) is 1.09. The maximum absolute atomic E-state index is 11.5. The lowest BCUT2D eigenvalue weighted by Gasteiger charge is -2.00. The molecule has 1 aromatic carbocycles. The number of H-pyrrole nitrogens is 1. The second-order valence-electron chi connectivity index (χ2n) is 2.91. The molecule has 76 valence electrons. The first kappa shape index (κ1) is 9.26. The number of carbonyl (C=O) groups is 1. The van der Waals surface area contributed by atoms with E-state index >= 15 is 0 Å². The molecule has 2 aromatic rings. The van der Waals surface area contributed by atoms with E-state index in [1.807, 2.05) is 6.07 Å². The summed E-state index contributed by atoms with van der Waals surface area (Å²) >= 11 is 0. The second kappa shape index (κ2) is 3.83. The van der Waals surface area contributed by atoms with E-state index in [1.54, 1.807) is 24.3 Å². The summed E-state index contributed by atoms with van der Waals surface area (Å²) in [6.45, 7) is 0. The number of ether oxygens (including phenoxy) is 1. The summed E-state index contributed by atoms with van der Waals surface area (Å²) in [5.74, 6) is 0.232. The number of aromatic amines is 1. The quantitative estimate of drug-likeness (QED) is 0.567. The number of carbonyl (C=O) groups excluding carboxylic acids is 1. The van der Waals surface area contributed by atoms with Crippen LogP contribution in [0.3, 0.4) is 0 Å². The van der Waals surface area contributed by atoms with Crippen molar-refractivity contribution in [3.63, 3.8) is 0 Å². The average molecular weight is 203 g/mol. The van der Waals surface area contributed by atoms with Crippen LogP contribution >= 0.6 is 0 Å². The van der Waals surface area contributed by atoms with E-state index in [0.717, 1.165) is 0 Å². The number of nitrogen functional groups attached to an aromatic ring is 1. The van der Waals surface area contributed by atoms with E-state index in [0.29, 0.717) is 5.75 Å². The van der Waals surface area contributed by atoms with Crippen LogP contribution in [0.4, 0.5) is 5.82 Å². The summed E-state index contributed by atoms with van der Waals surface area (Å²) < 4.78 is 5.05. The molecule has 0 radical (unpaired) electrons. The molecule has 0 saturated heterocycles. The zero-order valence-electron chi connectivity index (χ0n) is 7.81. The highest BCUT2D eigenvalue weighted by Gasteiger charge is 2.10. The molecular weight excluding hydrogens is 194 g/mol. The standard InChI is InChI=1S/C10H9N3O2/c11-9-6-8(12-13-9)10(14)15-7-4-2-1-3-5-7/h1-6H,(H3,11,12,13). The number of nitrogens with zero attached hydrogens (tertiary/aromatic N) is 1. The van der Waals surface area contributed by atoms with E-state index in [4.69, 9.17) is 10.5 Å². The van der Waals surface area contributed by atoms with Crippen molar-refractivity contribution >= 4 is 11.8 Å². The van der Waals surface area contributed by atoms with Crippen molar-refractivity contribution in [2.45, 2.75) is 0 Å². The third kappa shape index (κ3) is 2.14. The van der Waals surface area contributed by atoms with Gasteiger partial charge in [-0.1, -0.05) is 18.2 Å². The monoisotopic (exact) mass is 203 g/mol. The molecule has 0 amide bonds. The minimum Gasteiger partial charge on any atom is -0.422 e. The Bertz CT molecular complexity index is 465. The highest BCUT2D eigenvalue weighted by molar-refractivity contribution is 5.89. The Balaban J connectivity index is 2.11. The minimum atomic E-state index is -0.509. The first-order valence-electron chi connectivity index (χ1n) is 4.34. The van der Waals surface area contributed by atoms with Gasteiger partial charge in [-0.25, -0.2) is 4.79 Å². The topological polar surface area (TPSA) is 81.0 Å². The van der Waals surface area contributed by atoms with Crippen LogP contribution < -0.4 is 10.5 Å². The van der Waals surface area contributed by atoms with Gasteiger partial charge in [0.2, 0.25) is 0 Å². The van der Waals surface area contributed by atoms with Crippen molar-refractivity contribution < 1.29 is 9.53 Å². The molecule has 3 N–H and O–H groups in total. The smallest absolute Gasteiger partial charge is 0.361 e. The van der Waals surface area contributed by atoms with Crippen LogP contribution in [0.2, 0.25) is 0 Å². The number of esters is 1. The van der Waals surface area contributed by atoms with Crippen molar-refractivity contribution in [1.82, 2.24) is 10.2 Å². The zero-order chi connectivity index (χ0) is 10.7. The molecule has 2 rings (SSSR count). The molecule has 0 aliphatic rings. The Hall–Kier alpha value is -2.30. The number of para-hydroxylation sites is 1. The van der Waals surface area contributed by atoms with Gasteiger partial charge in [-0.15, -0.1) is 0 Å². The maximum Gasteiger partial charge on any atom is 0.361 e. The molecule has 0 spiro atoms. The van der Waals surface area contributed by atoms with Crippen LogP contribution in [0.25, 0.3) is 0 Å². The predicted molar refractivity (Wildman–Crippen MR) is 54.4 cm³/mol. The molecular formula is C10H9N3O2. The fourth-order valence-corrected chi connectivity index (χ4v) is 1.09. The van der Waals surface area contributed by atoms with Crippen LogP contribution in [0.1, 0.15) is 10.5 Å². The SMILES string of the molecule is Nc1cc(C(=O)Oc2ccccc2)[nH]n1. The lowest BCUT2D eigenvalue weighted by atomic mass is 10.3. The molecule has 0 aliphatic carbocycles. The van der Waals surface area contributed by atoms with Crippen LogP contribution in [0, 0.1) is 0 Å². The molecule has 1 aromatic heterocycles. The Morgan fingerprint density at radius 3 is 2.67 bits per heavy atom. The first-order valence-corrected chi connectivity index (χ1v) is 4.34. The summed E-state index contributed by atoms with van der Waals surface area (Å²) in [6.07, 6.45) is 0. The van der Waals surface area contributed by atoms with E-state index in [1.165, 1.54) is 6.07 Å². The third-order valence-electron chi connectivity index (χ3n) is 1.77. The maximum atomic E-state index is 11.5. The van der Waals surface area contributed by atoms with Crippen molar-refractivity contribution in [1.29, 1.82) is 0 Å². The molecule has 0 unspecified atom stereocenters. The van der Waals surface area contributed by atoms with Crippen LogP contribution in [0.15, 0.2) is 36.4 Å². The van der Waals surface area contributed by atoms with E-state index in [2.05, 4.69) is 10.2 Å². The number of nitrogens with two attached hydrogens (primary N) is 1. The first-order chi connectivity index (χ1) is 7.25. The van der Waals surface area contributed by atoms with Gasteiger partial charge in [0.1, 0.15) is 17.3 Å². The van der Waals surface area contributed by atoms with Gasteiger partial charge in [0.05, 0.1) is 0 Å². The lowest BCUT2D eigenvalue weighted by Crippen LogP contribution is -2.08. The van der Waals surface area contributed by atoms with Gasteiger partial charge >= 0.3 is 5.97 Å². The normalized spacial score (nSPS) is 9.87. The molecule has 0 atom stereocenters. The number of aromatic nitrogens is 2. The molecule has 0 aliphatic heterocycles. The Labute approximate surface area is 85.9 Å². The largest absolute Gasteiger partial charge is 0.422 e. The zero-order valence-corrected chi connectivity index (χ0v) is 7.81. The molecule has 15 heavy (non-hydrogen) atoms. The number of hydrogen-bond donors (Lipinski definition) is 2. The summed E-state index contributed by atoms with van der Waals surface area (Å²) in [5, 5.41) is 6.11. The van der Waals surface area contributed by atoms with Gasteiger partial charge in [-0.3, -0.25) is 5.10 Å². The van der Waals surface area contributed by atoms with Crippen molar-refractivity contribution in [3.05, 3.63) is 42.1 Å². The second-order valence-corrected chi connectivity index (χ2v) is 2.91.